The number of carbonyl (C=O) groups excluding carboxylic acids is 1. The number of hydrogen-bond acceptors (Lipinski definition) is 6. The fraction of sp³-hybridized carbons (Fsp3) is 0.208. The summed E-state index contributed by atoms with van der Waals surface area (Å²) in [5.41, 5.74) is 0.786. The van der Waals surface area contributed by atoms with Crippen molar-refractivity contribution < 1.29 is 27.1 Å². The van der Waals surface area contributed by atoms with Gasteiger partial charge >= 0.3 is 0 Å². The predicted octanol–water partition coefficient (Wildman–Crippen LogP) is 4.08. The van der Waals surface area contributed by atoms with Crippen molar-refractivity contribution in [3.05, 3.63) is 78.1 Å². The molecule has 3 rings (SSSR count). The van der Waals surface area contributed by atoms with Crippen LogP contribution in [0.4, 0.5) is 10.1 Å². The first kappa shape index (κ1) is 25.4. The van der Waals surface area contributed by atoms with Gasteiger partial charge in [0.05, 0.1) is 24.8 Å². The number of nitrogens with zero attached hydrogens (tertiary/aromatic N) is 1. The maximum atomic E-state index is 13.9. The van der Waals surface area contributed by atoms with Crippen LogP contribution in [0.5, 0.6) is 11.5 Å². The summed E-state index contributed by atoms with van der Waals surface area (Å²) in [4.78, 5) is 13.7. The molecule has 0 aromatic heterocycles. The summed E-state index contributed by atoms with van der Waals surface area (Å²) in [5.74, 6) is -0.107. The number of rotatable bonds is 10. The molecule has 7 nitrogen and oxygen atoms in total. The summed E-state index contributed by atoms with van der Waals surface area (Å²) in [6, 6.07) is 16.6. The molecule has 3 aromatic carbocycles. The van der Waals surface area contributed by atoms with Crippen molar-refractivity contribution in [3.63, 3.8) is 0 Å². The Morgan fingerprint density at radius 1 is 1.00 bits per heavy atom. The third-order valence-electron chi connectivity index (χ3n) is 4.97. The maximum Gasteiger partial charge on any atom is 0.264 e. The Kier molecular flexibility index (Phi) is 8.41. The van der Waals surface area contributed by atoms with Crippen molar-refractivity contribution in [2.75, 3.05) is 31.3 Å². The van der Waals surface area contributed by atoms with Crippen molar-refractivity contribution in [3.8, 4) is 11.5 Å². The van der Waals surface area contributed by atoms with Gasteiger partial charge in [-0.15, -0.1) is 11.8 Å². The van der Waals surface area contributed by atoms with Crippen LogP contribution in [0.3, 0.4) is 0 Å². The number of carbonyl (C=O) groups is 1. The average molecular weight is 505 g/mol. The molecule has 0 saturated heterocycles. The third-order valence-corrected chi connectivity index (χ3v) is 7.50. The lowest BCUT2D eigenvalue weighted by Crippen LogP contribution is -2.40. The van der Waals surface area contributed by atoms with E-state index in [-0.39, 0.29) is 17.1 Å². The number of methoxy groups -OCH3 is 2. The first-order valence-corrected chi connectivity index (χ1v) is 12.8. The average Bonchev–Trinajstić information content (AvgIpc) is 2.85. The molecule has 0 bridgehead atoms. The minimum Gasteiger partial charge on any atom is -0.493 e. The molecule has 0 fully saturated rings. The lowest BCUT2D eigenvalue weighted by molar-refractivity contribution is -0.119. The number of anilines is 1. The SMILES string of the molecule is COc1ccc(CNC(=O)CN(c2cccc(F)c2)S(=O)(=O)c2ccc(SC)cc2)cc1OC. The highest BCUT2D eigenvalue weighted by Crippen LogP contribution is 2.28. The highest BCUT2D eigenvalue weighted by atomic mass is 32.2. The Balaban J connectivity index is 1.83. The molecule has 0 radical (unpaired) electrons. The van der Waals surface area contributed by atoms with Crippen molar-refractivity contribution in [1.29, 1.82) is 0 Å². The van der Waals surface area contributed by atoms with Gasteiger partial charge in [0.25, 0.3) is 10.0 Å². The summed E-state index contributed by atoms with van der Waals surface area (Å²) in [6.07, 6.45) is 1.88. The molecule has 1 N–H and O–H groups in total. The van der Waals surface area contributed by atoms with Gasteiger partial charge in [0, 0.05) is 11.4 Å². The van der Waals surface area contributed by atoms with Crippen molar-refractivity contribution in [2.24, 2.45) is 0 Å². The topological polar surface area (TPSA) is 84.9 Å². The number of ether oxygens (including phenoxy) is 2. The molecule has 0 aliphatic heterocycles. The van der Waals surface area contributed by atoms with Crippen molar-refractivity contribution in [2.45, 2.75) is 16.3 Å². The van der Waals surface area contributed by atoms with Crippen LogP contribution in [0.1, 0.15) is 5.56 Å². The van der Waals surface area contributed by atoms with E-state index >= 15 is 0 Å². The second-order valence-corrected chi connectivity index (χ2v) is 9.88. The number of benzene rings is 3. The van der Waals surface area contributed by atoms with E-state index in [1.165, 1.54) is 56.3 Å². The zero-order valence-electron chi connectivity index (χ0n) is 18.9. The predicted molar refractivity (Wildman–Crippen MR) is 131 cm³/mol. The summed E-state index contributed by atoms with van der Waals surface area (Å²) >= 11 is 1.48. The number of hydrogen-bond donors (Lipinski definition) is 1. The van der Waals surface area contributed by atoms with Crippen LogP contribution in [0.15, 0.2) is 76.5 Å². The Morgan fingerprint density at radius 3 is 2.32 bits per heavy atom. The molecule has 10 heteroatoms. The molecule has 0 aliphatic carbocycles. The molecule has 0 unspecified atom stereocenters. The first-order valence-electron chi connectivity index (χ1n) is 10.2. The van der Waals surface area contributed by atoms with Crippen LogP contribution in [0.2, 0.25) is 0 Å². The highest BCUT2D eigenvalue weighted by molar-refractivity contribution is 7.98. The molecule has 0 heterocycles. The first-order chi connectivity index (χ1) is 16.3. The lowest BCUT2D eigenvalue weighted by Gasteiger charge is -2.24. The fourth-order valence-corrected chi connectivity index (χ4v) is 5.02. The van der Waals surface area contributed by atoms with Crippen LogP contribution in [0, 0.1) is 5.82 Å². The van der Waals surface area contributed by atoms with E-state index in [2.05, 4.69) is 5.32 Å². The maximum absolute atomic E-state index is 13.9. The largest absolute Gasteiger partial charge is 0.493 e. The van der Waals surface area contributed by atoms with Gasteiger partial charge in [-0.3, -0.25) is 9.10 Å². The number of thioether (sulfide) groups is 1. The Bertz CT molecular complexity index is 1250. The number of nitrogens with one attached hydrogen (secondary N) is 1. The van der Waals surface area contributed by atoms with Gasteiger partial charge in [-0.1, -0.05) is 12.1 Å². The van der Waals surface area contributed by atoms with Gasteiger partial charge in [0.1, 0.15) is 12.4 Å². The highest BCUT2D eigenvalue weighted by Gasteiger charge is 2.27. The van der Waals surface area contributed by atoms with E-state index in [9.17, 15) is 17.6 Å². The van der Waals surface area contributed by atoms with Crippen molar-refractivity contribution in [1.82, 2.24) is 5.32 Å². The molecule has 0 atom stereocenters. The van der Waals surface area contributed by atoms with Crippen LogP contribution in [-0.4, -0.2) is 41.3 Å². The molecule has 0 aliphatic rings. The van der Waals surface area contributed by atoms with E-state index < -0.39 is 28.3 Å². The van der Waals surface area contributed by atoms with Crippen LogP contribution in [0.25, 0.3) is 0 Å². The third kappa shape index (κ3) is 6.00. The molecular formula is C24H25FN2O5S2. The molecule has 34 heavy (non-hydrogen) atoms. The minimum atomic E-state index is -4.13. The number of halogens is 1. The number of amides is 1. The van der Waals surface area contributed by atoms with E-state index in [1.54, 1.807) is 30.3 Å². The summed E-state index contributed by atoms with van der Waals surface area (Å²) in [7, 11) is -1.10. The Hall–Kier alpha value is -3.24. The smallest absolute Gasteiger partial charge is 0.264 e. The quantitative estimate of drug-likeness (QED) is 0.419. The van der Waals surface area contributed by atoms with Gasteiger partial charge < -0.3 is 14.8 Å². The van der Waals surface area contributed by atoms with Crippen molar-refractivity contribution >= 4 is 33.4 Å². The van der Waals surface area contributed by atoms with E-state index in [4.69, 9.17) is 9.47 Å². The van der Waals surface area contributed by atoms with E-state index in [0.717, 1.165) is 20.8 Å². The van der Waals surface area contributed by atoms with Gasteiger partial charge in [-0.2, -0.15) is 0 Å². The molecule has 0 saturated carbocycles. The second kappa shape index (κ2) is 11.3. The van der Waals surface area contributed by atoms with E-state index in [1.807, 2.05) is 6.26 Å². The van der Waals surface area contributed by atoms with Crippen LogP contribution in [-0.2, 0) is 21.4 Å². The minimum absolute atomic E-state index is 0.00209. The lowest BCUT2D eigenvalue weighted by atomic mass is 10.2. The molecule has 180 valence electrons. The fourth-order valence-electron chi connectivity index (χ4n) is 3.20. The molecule has 0 spiro atoms. The van der Waals surface area contributed by atoms with Gasteiger partial charge in [0.2, 0.25) is 5.91 Å². The summed E-state index contributed by atoms with van der Waals surface area (Å²) < 4.78 is 52.1. The Morgan fingerprint density at radius 2 is 1.71 bits per heavy atom. The molecular weight excluding hydrogens is 479 g/mol. The second-order valence-electron chi connectivity index (χ2n) is 7.13. The zero-order valence-corrected chi connectivity index (χ0v) is 20.6. The van der Waals surface area contributed by atoms with Crippen LogP contribution < -0.4 is 19.1 Å². The molecule has 1 amide bonds. The monoisotopic (exact) mass is 504 g/mol. The molecule has 3 aromatic rings. The normalized spacial score (nSPS) is 11.1. The van der Waals surface area contributed by atoms with Gasteiger partial charge in [-0.25, -0.2) is 12.8 Å². The zero-order chi connectivity index (χ0) is 24.7. The van der Waals surface area contributed by atoms with Crippen LogP contribution >= 0.6 is 11.8 Å². The summed E-state index contributed by atoms with van der Waals surface area (Å²) in [5, 5.41) is 2.71. The Labute approximate surface area is 202 Å². The standard InChI is InChI=1S/C24H25FN2O5S2/c1-31-22-12-7-17(13-23(22)32-2)15-26-24(28)16-27(19-6-4-5-18(25)14-19)34(29,30)21-10-8-20(33-3)9-11-21/h4-14H,15-16H2,1-3H3,(H,26,28). The van der Waals surface area contributed by atoms with Gasteiger partial charge in [-0.05, 0) is 66.4 Å². The van der Waals surface area contributed by atoms with E-state index in [0.29, 0.717) is 11.5 Å². The number of sulfonamides is 1. The summed E-state index contributed by atoms with van der Waals surface area (Å²) in [6.45, 7) is -0.387. The van der Waals surface area contributed by atoms with Gasteiger partial charge in [0.15, 0.2) is 11.5 Å².